The second kappa shape index (κ2) is 6.49. The Balaban J connectivity index is 2.04. The number of rotatable bonds is 5. The first-order valence-electron chi connectivity index (χ1n) is 7.37. The molecule has 2 heterocycles. The number of benzene rings is 1. The van der Waals surface area contributed by atoms with E-state index in [9.17, 15) is 5.11 Å². The van der Waals surface area contributed by atoms with Crippen LogP contribution in [0.15, 0.2) is 48.8 Å². The van der Waals surface area contributed by atoms with E-state index in [2.05, 4.69) is 20.3 Å². The van der Waals surface area contributed by atoms with Crippen LogP contribution in [0.3, 0.4) is 0 Å². The molecule has 0 saturated heterocycles. The minimum atomic E-state index is -0.391. The van der Waals surface area contributed by atoms with Gasteiger partial charge in [0.05, 0.1) is 11.6 Å². The fourth-order valence-electron chi connectivity index (χ4n) is 2.20. The quantitative estimate of drug-likeness (QED) is 0.757. The van der Waals surface area contributed by atoms with E-state index in [4.69, 9.17) is 0 Å². The van der Waals surface area contributed by atoms with Crippen LogP contribution in [0.25, 0.3) is 22.3 Å². The van der Waals surface area contributed by atoms with Gasteiger partial charge in [0.2, 0.25) is 0 Å². The molecule has 0 fully saturated rings. The maximum atomic E-state index is 9.76. The van der Waals surface area contributed by atoms with Gasteiger partial charge in [-0.15, -0.1) is 0 Å². The summed E-state index contributed by atoms with van der Waals surface area (Å²) in [4.78, 5) is 13.3. The maximum absolute atomic E-state index is 9.76. The Kier molecular flexibility index (Phi) is 4.25. The summed E-state index contributed by atoms with van der Waals surface area (Å²) in [5, 5.41) is 13.9. The molecule has 5 nitrogen and oxygen atoms in total. The summed E-state index contributed by atoms with van der Waals surface area (Å²) in [7, 11) is 0. The van der Waals surface area contributed by atoms with Crippen molar-refractivity contribution in [2.24, 2.45) is 0 Å². The lowest BCUT2D eigenvalue weighted by Crippen LogP contribution is -2.19. The maximum Gasteiger partial charge on any atom is 0.162 e. The number of para-hydroxylation sites is 1. The van der Waals surface area contributed by atoms with Crippen molar-refractivity contribution in [1.82, 2.24) is 15.0 Å². The van der Waals surface area contributed by atoms with Gasteiger partial charge in [-0.3, -0.25) is 4.98 Å². The normalized spacial score (nSPS) is 12.3. The summed E-state index contributed by atoms with van der Waals surface area (Å²) in [6.07, 6.45) is 3.76. The molecule has 0 radical (unpaired) electrons. The predicted octanol–water partition coefficient (Wildman–Crippen LogP) is 2.87. The van der Waals surface area contributed by atoms with Crippen LogP contribution >= 0.6 is 0 Å². The zero-order valence-electron chi connectivity index (χ0n) is 12.4. The van der Waals surface area contributed by atoms with Crippen molar-refractivity contribution in [1.29, 1.82) is 0 Å². The third-order valence-electron chi connectivity index (χ3n) is 3.52. The van der Waals surface area contributed by atoms with E-state index in [1.165, 1.54) is 0 Å². The average Bonchev–Trinajstić information content (AvgIpc) is 2.59. The van der Waals surface area contributed by atoms with E-state index in [1.807, 2.05) is 43.3 Å². The third-order valence-corrected chi connectivity index (χ3v) is 3.52. The fourth-order valence-corrected chi connectivity index (χ4v) is 2.20. The van der Waals surface area contributed by atoms with Crippen LogP contribution in [0.1, 0.15) is 13.3 Å². The molecule has 3 aromatic rings. The molecule has 0 aliphatic rings. The first-order valence-corrected chi connectivity index (χ1v) is 7.37. The molecule has 0 amide bonds. The highest BCUT2D eigenvalue weighted by Gasteiger charge is 2.10. The number of nitrogens with zero attached hydrogens (tertiary/aromatic N) is 3. The van der Waals surface area contributed by atoms with Crippen molar-refractivity contribution < 1.29 is 5.11 Å². The molecule has 0 aliphatic heterocycles. The number of fused-ring (bicyclic) bond motifs is 1. The number of nitrogens with one attached hydrogen (secondary N) is 1. The van der Waals surface area contributed by atoms with Crippen LogP contribution in [0, 0.1) is 0 Å². The van der Waals surface area contributed by atoms with Gasteiger partial charge in [-0.1, -0.05) is 19.1 Å². The van der Waals surface area contributed by atoms with Crippen LogP contribution in [-0.2, 0) is 0 Å². The summed E-state index contributed by atoms with van der Waals surface area (Å²) in [5.74, 6) is 1.39. The first-order chi connectivity index (χ1) is 10.8. The van der Waals surface area contributed by atoms with Gasteiger partial charge >= 0.3 is 0 Å². The third kappa shape index (κ3) is 3.04. The number of hydrogen-bond donors (Lipinski definition) is 2. The van der Waals surface area contributed by atoms with Gasteiger partial charge in [0.1, 0.15) is 5.82 Å². The number of aliphatic hydroxyl groups is 1. The molecule has 1 atom stereocenters. The van der Waals surface area contributed by atoms with Gasteiger partial charge in [-0.2, -0.15) is 0 Å². The largest absolute Gasteiger partial charge is 0.391 e. The Labute approximate surface area is 129 Å². The second-order valence-corrected chi connectivity index (χ2v) is 5.09. The van der Waals surface area contributed by atoms with Crippen LogP contribution in [0.4, 0.5) is 5.82 Å². The summed E-state index contributed by atoms with van der Waals surface area (Å²) in [6, 6.07) is 11.6. The minimum absolute atomic E-state index is 0.391. The smallest absolute Gasteiger partial charge is 0.162 e. The lowest BCUT2D eigenvalue weighted by atomic mass is 10.2. The SMILES string of the molecule is CC[C@H](O)CNc1nc(-c2ccncc2)nc2ccccc12. The van der Waals surface area contributed by atoms with Crippen molar-refractivity contribution >= 4 is 16.7 Å². The number of anilines is 1. The molecule has 112 valence electrons. The Bertz CT molecular complexity index is 761. The predicted molar refractivity (Wildman–Crippen MR) is 87.6 cm³/mol. The van der Waals surface area contributed by atoms with Gasteiger partial charge in [-0.25, -0.2) is 9.97 Å². The molecule has 1 aromatic carbocycles. The lowest BCUT2D eigenvalue weighted by Gasteiger charge is -2.13. The number of pyridine rings is 1. The van der Waals surface area contributed by atoms with Gasteiger partial charge in [0.25, 0.3) is 0 Å². The number of hydrogen-bond acceptors (Lipinski definition) is 5. The molecule has 3 rings (SSSR count). The molecule has 2 N–H and O–H groups in total. The van der Waals surface area contributed by atoms with Crippen molar-refractivity contribution in [3.63, 3.8) is 0 Å². The highest BCUT2D eigenvalue weighted by Crippen LogP contribution is 2.24. The van der Waals surface area contributed by atoms with E-state index >= 15 is 0 Å². The van der Waals surface area contributed by atoms with Crippen LogP contribution < -0.4 is 5.32 Å². The standard InChI is InChI=1S/C17H18N4O/c1-2-13(22)11-19-17-14-5-3-4-6-15(14)20-16(21-17)12-7-9-18-10-8-12/h3-10,13,22H,2,11H2,1H3,(H,19,20,21)/t13-/m0/s1. The second-order valence-electron chi connectivity index (χ2n) is 5.09. The number of aromatic nitrogens is 3. The van der Waals surface area contributed by atoms with E-state index in [1.54, 1.807) is 12.4 Å². The number of aliphatic hydroxyl groups excluding tert-OH is 1. The minimum Gasteiger partial charge on any atom is -0.391 e. The van der Waals surface area contributed by atoms with E-state index in [0.29, 0.717) is 18.8 Å². The summed E-state index contributed by atoms with van der Waals surface area (Å²) >= 11 is 0. The zero-order valence-corrected chi connectivity index (χ0v) is 12.4. The average molecular weight is 294 g/mol. The van der Waals surface area contributed by atoms with Crippen molar-refractivity contribution in [2.75, 3.05) is 11.9 Å². The van der Waals surface area contributed by atoms with Crippen molar-refractivity contribution in [3.8, 4) is 11.4 Å². The molecule has 0 unspecified atom stereocenters. The molecule has 0 saturated carbocycles. The Hall–Kier alpha value is -2.53. The highest BCUT2D eigenvalue weighted by atomic mass is 16.3. The lowest BCUT2D eigenvalue weighted by molar-refractivity contribution is 0.183. The molecular formula is C17H18N4O. The molecule has 0 spiro atoms. The first kappa shape index (κ1) is 14.4. The van der Waals surface area contributed by atoms with Crippen LogP contribution in [-0.4, -0.2) is 32.7 Å². The zero-order chi connectivity index (χ0) is 15.4. The Morgan fingerprint density at radius 1 is 1.09 bits per heavy atom. The molecule has 22 heavy (non-hydrogen) atoms. The molecule has 0 aliphatic carbocycles. The van der Waals surface area contributed by atoms with Gasteiger partial charge < -0.3 is 10.4 Å². The van der Waals surface area contributed by atoms with E-state index in [0.717, 1.165) is 22.3 Å². The van der Waals surface area contributed by atoms with E-state index < -0.39 is 6.10 Å². The van der Waals surface area contributed by atoms with Crippen LogP contribution in [0.5, 0.6) is 0 Å². The Morgan fingerprint density at radius 3 is 2.64 bits per heavy atom. The Morgan fingerprint density at radius 2 is 1.86 bits per heavy atom. The van der Waals surface area contributed by atoms with Crippen LogP contribution in [0.2, 0.25) is 0 Å². The van der Waals surface area contributed by atoms with Gasteiger partial charge in [-0.05, 0) is 30.7 Å². The summed E-state index contributed by atoms with van der Waals surface area (Å²) in [6.45, 7) is 2.42. The van der Waals surface area contributed by atoms with Gasteiger partial charge in [0, 0.05) is 29.9 Å². The topological polar surface area (TPSA) is 70.9 Å². The summed E-state index contributed by atoms with van der Waals surface area (Å²) in [5.41, 5.74) is 1.79. The molecule has 5 heteroatoms. The van der Waals surface area contributed by atoms with E-state index in [-0.39, 0.29) is 0 Å². The summed E-state index contributed by atoms with van der Waals surface area (Å²) < 4.78 is 0. The van der Waals surface area contributed by atoms with Gasteiger partial charge in [0.15, 0.2) is 5.82 Å². The molecule has 2 aromatic heterocycles. The molecular weight excluding hydrogens is 276 g/mol. The fraction of sp³-hybridized carbons (Fsp3) is 0.235. The molecule has 0 bridgehead atoms. The van der Waals surface area contributed by atoms with Crippen molar-refractivity contribution in [2.45, 2.75) is 19.4 Å². The monoisotopic (exact) mass is 294 g/mol. The highest BCUT2D eigenvalue weighted by molar-refractivity contribution is 5.90. The van der Waals surface area contributed by atoms with Crippen molar-refractivity contribution in [3.05, 3.63) is 48.8 Å².